The molecule has 1 amide bonds. The van der Waals surface area contributed by atoms with E-state index in [-0.39, 0.29) is 16.6 Å². The van der Waals surface area contributed by atoms with Crippen molar-refractivity contribution in [3.05, 3.63) is 23.8 Å². The largest absolute Gasteiger partial charge is 0.326 e. The molecule has 0 radical (unpaired) electrons. The first-order valence-electron chi connectivity index (χ1n) is 7.66. The lowest BCUT2D eigenvalue weighted by Gasteiger charge is -2.23. The van der Waals surface area contributed by atoms with Crippen LogP contribution in [0.25, 0.3) is 0 Å². The second-order valence-electron chi connectivity index (χ2n) is 6.72. The summed E-state index contributed by atoms with van der Waals surface area (Å²) < 4.78 is 0.199. The highest BCUT2D eigenvalue weighted by molar-refractivity contribution is 8.00. The van der Waals surface area contributed by atoms with Gasteiger partial charge in [-0.1, -0.05) is 20.8 Å². The van der Waals surface area contributed by atoms with Crippen LogP contribution in [0.1, 0.15) is 39.2 Å². The Morgan fingerprint density at radius 3 is 2.71 bits per heavy atom. The van der Waals surface area contributed by atoms with Crippen molar-refractivity contribution in [2.24, 2.45) is 5.92 Å². The molecule has 0 aromatic heterocycles. The summed E-state index contributed by atoms with van der Waals surface area (Å²) >= 11 is 1.85. The quantitative estimate of drug-likeness (QED) is 0.834. The molecule has 1 aliphatic heterocycles. The zero-order valence-corrected chi connectivity index (χ0v) is 14.3. The van der Waals surface area contributed by atoms with Crippen LogP contribution in [-0.4, -0.2) is 23.7 Å². The lowest BCUT2D eigenvalue weighted by atomic mass is 9.98. The Hall–Kier alpha value is -1.00. The molecule has 4 heteroatoms. The van der Waals surface area contributed by atoms with Crippen molar-refractivity contribution < 1.29 is 4.79 Å². The molecule has 2 N–H and O–H groups in total. The lowest BCUT2D eigenvalue weighted by molar-refractivity contribution is -0.120. The van der Waals surface area contributed by atoms with E-state index >= 15 is 0 Å². The third-order valence-corrected chi connectivity index (χ3v) is 4.65. The van der Waals surface area contributed by atoms with Gasteiger partial charge < -0.3 is 10.6 Å². The van der Waals surface area contributed by atoms with Crippen LogP contribution in [0.3, 0.4) is 0 Å². The molecule has 0 spiro atoms. The van der Waals surface area contributed by atoms with E-state index in [4.69, 9.17) is 0 Å². The van der Waals surface area contributed by atoms with Crippen LogP contribution >= 0.6 is 11.8 Å². The number of rotatable bonds is 3. The summed E-state index contributed by atoms with van der Waals surface area (Å²) in [5, 5.41) is 6.37. The molecular formula is C17H26N2OS. The fraction of sp³-hybridized carbons (Fsp3) is 0.588. The van der Waals surface area contributed by atoms with Gasteiger partial charge in [0.1, 0.15) is 0 Å². The zero-order valence-electron chi connectivity index (χ0n) is 13.5. The van der Waals surface area contributed by atoms with Crippen LogP contribution in [-0.2, 0) is 4.79 Å². The number of benzene rings is 1. The molecule has 0 bridgehead atoms. The van der Waals surface area contributed by atoms with Gasteiger partial charge in [0.2, 0.25) is 5.91 Å². The van der Waals surface area contributed by atoms with Gasteiger partial charge in [-0.3, -0.25) is 4.79 Å². The Balaban J connectivity index is 2.02. The Morgan fingerprint density at radius 1 is 1.38 bits per heavy atom. The minimum atomic E-state index is 0.0989. The van der Waals surface area contributed by atoms with Gasteiger partial charge in [0.05, 0.1) is 5.92 Å². The van der Waals surface area contributed by atoms with Crippen LogP contribution in [0.5, 0.6) is 0 Å². The molecule has 116 valence electrons. The Kier molecular flexibility index (Phi) is 5.33. The summed E-state index contributed by atoms with van der Waals surface area (Å²) in [5.41, 5.74) is 2.06. The summed E-state index contributed by atoms with van der Waals surface area (Å²) in [6.07, 6.45) is 2.06. The molecule has 1 atom stereocenters. The highest BCUT2D eigenvalue weighted by Crippen LogP contribution is 2.33. The molecule has 21 heavy (non-hydrogen) atoms. The smallest absolute Gasteiger partial charge is 0.228 e. The molecule has 1 saturated heterocycles. The standard InChI is InChI=1S/C17H26N2OS/c1-12-10-14(21-17(2,3)4)7-8-15(12)19-16(20)13-6-5-9-18-11-13/h7-8,10,13,18H,5-6,9,11H2,1-4H3,(H,19,20). The summed E-state index contributed by atoms with van der Waals surface area (Å²) in [4.78, 5) is 13.5. The number of aryl methyl sites for hydroxylation is 1. The Labute approximate surface area is 132 Å². The highest BCUT2D eigenvalue weighted by Gasteiger charge is 2.21. The number of piperidine rings is 1. The molecule has 1 unspecified atom stereocenters. The molecular weight excluding hydrogens is 280 g/mol. The van der Waals surface area contributed by atoms with Gasteiger partial charge in [-0.2, -0.15) is 0 Å². The molecule has 1 aromatic rings. The van der Waals surface area contributed by atoms with Gasteiger partial charge in [-0.05, 0) is 50.1 Å². The Bertz CT molecular complexity index is 502. The number of carbonyl (C=O) groups is 1. The SMILES string of the molecule is Cc1cc(SC(C)(C)C)ccc1NC(=O)C1CCCNC1. The van der Waals surface area contributed by atoms with E-state index in [1.807, 2.05) is 17.8 Å². The summed E-state index contributed by atoms with van der Waals surface area (Å²) in [6.45, 7) is 10.5. The molecule has 0 saturated carbocycles. The van der Waals surface area contributed by atoms with Crippen LogP contribution in [0, 0.1) is 12.8 Å². The molecule has 1 fully saturated rings. The van der Waals surface area contributed by atoms with E-state index < -0.39 is 0 Å². The van der Waals surface area contributed by atoms with E-state index in [0.29, 0.717) is 0 Å². The minimum absolute atomic E-state index is 0.0989. The lowest BCUT2D eigenvalue weighted by Crippen LogP contribution is -2.37. The molecule has 2 rings (SSSR count). The fourth-order valence-corrected chi connectivity index (χ4v) is 3.58. The number of nitrogens with one attached hydrogen (secondary N) is 2. The average Bonchev–Trinajstić information content (AvgIpc) is 2.41. The molecule has 1 aliphatic rings. The van der Waals surface area contributed by atoms with E-state index in [1.165, 1.54) is 4.90 Å². The van der Waals surface area contributed by atoms with Crippen LogP contribution in [0.4, 0.5) is 5.69 Å². The van der Waals surface area contributed by atoms with E-state index in [0.717, 1.165) is 37.2 Å². The average molecular weight is 306 g/mol. The molecule has 3 nitrogen and oxygen atoms in total. The van der Waals surface area contributed by atoms with Crippen molar-refractivity contribution in [3.63, 3.8) is 0 Å². The number of hydrogen-bond acceptors (Lipinski definition) is 3. The maximum absolute atomic E-state index is 12.3. The van der Waals surface area contributed by atoms with Gasteiger partial charge in [-0.25, -0.2) is 0 Å². The number of carbonyl (C=O) groups excluding carboxylic acids is 1. The number of anilines is 1. The first-order chi connectivity index (χ1) is 9.85. The maximum Gasteiger partial charge on any atom is 0.228 e. The number of thioether (sulfide) groups is 1. The van der Waals surface area contributed by atoms with Crippen molar-refractivity contribution in [3.8, 4) is 0 Å². The van der Waals surface area contributed by atoms with Crippen LogP contribution in [0.2, 0.25) is 0 Å². The van der Waals surface area contributed by atoms with Gasteiger partial charge in [0, 0.05) is 21.9 Å². The normalized spacial score (nSPS) is 19.3. The van der Waals surface area contributed by atoms with Crippen molar-refractivity contribution in [1.29, 1.82) is 0 Å². The van der Waals surface area contributed by atoms with Crippen molar-refractivity contribution in [2.45, 2.75) is 50.2 Å². The van der Waals surface area contributed by atoms with Gasteiger partial charge in [0.25, 0.3) is 0 Å². The van der Waals surface area contributed by atoms with Crippen LogP contribution in [0.15, 0.2) is 23.1 Å². The van der Waals surface area contributed by atoms with Gasteiger partial charge in [-0.15, -0.1) is 11.8 Å². The van der Waals surface area contributed by atoms with Crippen molar-refractivity contribution in [2.75, 3.05) is 18.4 Å². The first kappa shape index (κ1) is 16.4. The summed E-state index contributed by atoms with van der Waals surface area (Å²) in [6, 6.07) is 6.28. The molecule has 1 aromatic carbocycles. The van der Waals surface area contributed by atoms with E-state index in [1.54, 1.807) is 0 Å². The topological polar surface area (TPSA) is 41.1 Å². The molecule has 0 aliphatic carbocycles. The summed E-state index contributed by atoms with van der Waals surface area (Å²) in [5.74, 6) is 0.239. The van der Waals surface area contributed by atoms with E-state index in [2.05, 4.69) is 50.5 Å². The predicted molar refractivity (Wildman–Crippen MR) is 91.0 cm³/mol. The second-order valence-corrected chi connectivity index (χ2v) is 8.62. The third kappa shape index (κ3) is 5.04. The zero-order chi connectivity index (χ0) is 15.5. The monoisotopic (exact) mass is 306 g/mol. The fourth-order valence-electron chi connectivity index (χ4n) is 2.50. The van der Waals surface area contributed by atoms with Gasteiger partial charge in [0.15, 0.2) is 0 Å². The third-order valence-electron chi connectivity index (χ3n) is 3.55. The molecule has 1 heterocycles. The first-order valence-corrected chi connectivity index (χ1v) is 8.48. The number of amides is 1. The van der Waals surface area contributed by atoms with Crippen molar-refractivity contribution in [1.82, 2.24) is 5.32 Å². The van der Waals surface area contributed by atoms with Crippen LogP contribution < -0.4 is 10.6 Å². The van der Waals surface area contributed by atoms with E-state index in [9.17, 15) is 4.79 Å². The summed E-state index contributed by atoms with van der Waals surface area (Å²) in [7, 11) is 0. The van der Waals surface area contributed by atoms with Crippen molar-refractivity contribution >= 4 is 23.4 Å². The Morgan fingerprint density at radius 2 is 2.14 bits per heavy atom. The second kappa shape index (κ2) is 6.84. The highest BCUT2D eigenvalue weighted by atomic mass is 32.2. The maximum atomic E-state index is 12.3. The predicted octanol–water partition coefficient (Wildman–Crippen LogP) is 3.82. The minimum Gasteiger partial charge on any atom is -0.326 e. The number of hydrogen-bond donors (Lipinski definition) is 2. The van der Waals surface area contributed by atoms with Gasteiger partial charge >= 0.3 is 0 Å².